The van der Waals surface area contributed by atoms with Gasteiger partial charge in [0.1, 0.15) is 0 Å². The van der Waals surface area contributed by atoms with Crippen LogP contribution >= 0.6 is 0 Å². The van der Waals surface area contributed by atoms with Gasteiger partial charge in [0.25, 0.3) is 0 Å². The molecular weight excluding hydrogens is 337 g/mol. The Balaban J connectivity index is 2.93. The van der Waals surface area contributed by atoms with E-state index in [1.807, 2.05) is 0 Å². The summed E-state index contributed by atoms with van der Waals surface area (Å²) in [5.41, 5.74) is 0.0519. The van der Waals surface area contributed by atoms with E-state index in [9.17, 15) is 13.2 Å². The SMILES string of the molecule is CCCCCCCCC(c1ccc(C(F)(F)F)cc1)C(CC)(CC)OC. The second kappa shape index (κ2) is 11.0. The standard InChI is InChI=1S/C22H35F3O/c1-5-8-9-10-11-12-13-20(21(6-2,7-3)26-4)18-14-16-19(17-15-18)22(23,24)25/h14-17,20H,5-13H2,1-4H3. The molecule has 1 aromatic carbocycles. The Morgan fingerprint density at radius 2 is 1.38 bits per heavy atom. The molecule has 0 spiro atoms. The van der Waals surface area contributed by atoms with E-state index >= 15 is 0 Å². The van der Waals surface area contributed by atoms with Crippen molar-refractivity contribution < 1.29 is 17.9 Å². The molecule has 0 fully saturated rings. The molecule has 0 aromatic heterocycles. The van der Waals surface area contributed by atoms with Crippen LogP contribution in [0.15, 0.2) is 24.3 Å². The van der Waals surface area contributed by atoms with Gasteiger partial charge in [-0.2, -0.15) is 13.2 Å². The lowest BCUT2D eigenvalue weighted by molar-refractivity contribution is -0.137. The van der Waals surface area contributed by atoms with E-state index in [1.165, 1.54) is 44.2 Å². The Bertz CT molecular complexity index is 481. The molecule has 1 nitrogen and oxygen atoms in total. The first-order valence-corrected chi connectivity index (χ1v) is 10.1. The molecule has 1 atom stereocenters. The lowest BCUT2D eigenvalue weighted by Gasteiger charge is -2.39. The summed E-state index contributed by atoms with van der Waals surface area (Å²) in [5, 5.41) is 0. The van der Waals surface area contributed by atoms with Crippen LogP contribution in [0.4, 0.5) is 13.2 Å². The fourth-order valence-electron chi connectivity index (χ4n) is 3.94. The lowest BCUT2D eigenvalue weighted by atomic mass is 9.75. The largest absolute Gasteiger partial charge is 0.416 e. The zero-order valence-corrected chi connectivity index (χ0v) is 16.8. The Morgan fingerprint density at radius 1 is 0.846 bits per heavy atom. The maximum Gasteiger partial charge on any atom is 0.416 e. The normalized spacial score (nSPS) is 13.8. The maximum atomic E-state index is 12.9. The van der Waals surface area contributed by atoms with Crippen LogP contribution in [0.3, 0.4) is 0 Å². The highest BCUT2D eigenvalue weighted by atomic mass is 19.4. The first-order chi connectivity index (χ1) is 12.3. The molecule has 0 saturated heterocycles. The first-order valence-electron chi connectivity index (χ1n) is 10.1. The van der Waals surface area contributed by atoms with Gasteiger partial charge in [0, 0.05) is 13.0 Å². The van der Waals surface area contributed by atoms with Crippen LogP contribution in [-0.4, -0.2) is 12.7 Å². The summed E-state index contributed by atoms with van der Waals surface area (Å²) in [7, 11) is 1.73. The topological polar surface area (TPSA) is 9.23 Å². The third-order valence-electron chi connectivity index (χ3n) is 5.73. The van der Waals surface area contributed by atoms with Gasteiger partial charge in [0.2, 0.25) is 0 Å². The van der Waals surface area contributed by atoms with E-state index in [2.05, 4.69) is 20.8 Å². The summed E-state index contributed by atoms with van der Waals surface area (Å²) >= 11 is 0. The van der Waals surface area contributed by atoms with Crippen LogP contribution in [0.1, 0.15) is 95.6 Å². The lowest BCUT2D eigenvalue weighted by Crippen LogP contribution is -2.37. The second-order valence-corrected chi connectivity index (χ2v) is 7.20. The number of benzene rings is 1. The van der Waals surface area contributed by atoms with Gasteiger partial charge >= 0.3 is 6.18 Å². The fraction of sp³-hybridized carbons (Fsp3) is 0.727. The van der Waals surface area contributed by atoms with E-state index in [1.54, 1.807) is 19.2 Å². The monoisotopic (exact) mass is 372 g/mol. The minimum Gasteiger partial charge on any atom is -0.378 e. The van der Waals surface area contributed by atoms with Crippen molar-refractivity contribution in [2.24, 2.45) is 0 Å². The van der Waals surface area contributed by atoms with Crippen molar-refractivity contribution in [2.75, 3.05) is 7.11 Å². The molecule has 1 unspecified atom stereocenters. The maximum absolute atomic E-state index is 12.9. The number of hydrogen-bond donors (Lipinski definition) is 0. The number of hydrogen-bond acceptors (Lipinski definition) is 1. The predicted molar refractivity (Wildman–Crippen MR) is 103 cm³/mol. The highest BCUT2D eigenvalue weighted by Crippen LogP contribution is 2.41. The first kappa shape index (κ1) is 23.0. The van der Waals surface area contributed by atoms with E-state index in [0.29, 0.717) is 0 Å². The highest BCUT2D eigenvalue weighted by molar-refractivity contribution is 5.29. The number of unbranched alkanes of at least 4 members (excludes halogenated alkanes) is 5. The second-order valence-electron chi connectivity index (χ2n) is 7.20. The molecule has 0 N–H and O–H groups in total. The molecule has 150 valence electrons. The Labute approximate surface area is 157 Å². The van der Waals surface area contributed by atoms with Crippen molar-refractivity contribution in [3.8, 4) is 0 Å². The summed E-state index contributed by atoms with van der Waals surface area (Å²) in [6.45, 7) is 6.41. The number of ether oxygens (including phenoxy) is 1. The molecule has 0 saturated carbocycles. The molecule has 26 heavy (non-hydrogen) atoms. The summed E-state index contributed by atoms with van der Waals surface area (Å²) < 4.78 is 44.6. The zero-order valence-electron chi connectivity index (χ0n) is 16.8. The third kappa shape index (κ3) is 6.29. The van der Waals surface area contributed by atoms with Crippen molar-refractivity contribution in [2.45, 2.75) is 96.3 Å². The summed E-state index contributed by atoms with van der Waals surface area (Å²) in [4.78, 5) is 0. The molecule has 4 heteroatoms. The smallest absolute Gasteiger partial charge is 0.378 e. The number of alkyl halides is 3. The minimum atomic E-state index is -4.29. The van der Waals surface area contributed by atoms with Crippen molar-refractivity contribution in [1.29, 1.82) is 0 Å². The molecule has 0 aliphatic carbocycles. The van der Waals surface area contributed by atoms with Crippen LogP contribution in [0.25, 0.3) is 0 Å². The third-order valence-corrected chi connectivity index (χ3v) is 5.73. The van der Waals surface area contributed by atoms with E-state index in [4.69, 9.17) is 4.74 Å². The Hall–Kier alpha value is -1.03. The van der Waals surface area contributed by atoms with E-state index < -0.39 is 11.7 Å². The fourth-order valence-corrected chi connectivity index (χ4v) is 3.94. The van der Waals surface area contributed by atoms with Gasteiger partial charge < -0.3 is 4.74 Å². The van der Waals surface area contributed by atoms with Crippen LogP contribution in [0.5, 0.6) is 0 Å². The van der Waals surface area contributed by atoms with Crippen molar-refractivity contribution >= 4 is 0 Å². The van der Waals surface area contributed by atoms with Crippen LogP contribution in [-0.2, 0) is 10.9 Å². The van der Waals surface area contributed by atoms with Crippen LogP contribution in [0.2, 0.25) is 0 Å². The van der Waals surface area contributed by atoms with Gasteiger partial charge in [-0.1, -0.05) is 71.4 Å². The van der Waals surface area contributed by atoms with E-state index in [0.717, 1.165) is 31.2 Å². The highest BCUT2D eigenvalue weighted by Gasteiger charge is 2.37. The molecule has 0 amide bonds. The molecule has 0 radical (unpaired) electrons. The number of halogens is 3. The van der Waals surface area contributed by atoms with Crippen LogP contribution < -0.4 is 0 Å². The molecule has 0 heterocycles. The number of methoxy groups -OCH3 is 1. The van der Waals surface area contributed by atoms with Gasteiger partial charge in [-0.05, 0) is 37.0 Å². The summed E-state index contributed by atoms with van der Waals surface area (Å²) in [5.74, 6) is 0.121. The van der Waals surface area contributed by atoms with Gasteiger partial charge in [-0.25, -0.2) is 0 Å². The quantitative estimate of drug-likeness (QED) is 0.341. The van der Waals surface area contributed by atoms with E-state index in [-0.39, 0.29) is 11.5 Å². The van der Waals surface area contributed by atoms with Gasteiger partial charge in [-0.3, -0.25) is 0 Å². The molecular formula is C22H35F3O. The van der Waals surface area contributed by atoms with Crippen molar-refractivity contribution in [1.82, 2.24) is 0 Å². The minimum absolute atomic E-state index is 0.121. The molecule has 0 aliphatic heterocycles. The molecule has 0 aliphatic rings. The zero-order chi connectivity index (χ0) is 19.6. The Kier molecular flexibility index (Phi) is 9.70. The molecule has 0 bridgehead atoms. The average molecular weight is 373 g/mol. The van der Waals surface area contributed by atoms with Crippen molar-refractivity contribution in [3.63, 3.8) is 0 Å². The molecule has 1 rings (SSSR count). The van der Waals surface area contributed by atoms with Gasteiger partial charge in [0.15, 0.2) is 0 Å². The van der Waals surface area contributed by atoms with Gasteiger partial charge in [-0.15, -0.1) is 0 Å². The Morgan fingerprint density at radius 3 is 1.85 bits per heavy atom. The summed E-state index contributed by atoms with van der Waals surface area (Å²) in [6, 6.07) is 5.69. The summed E-state index contributed by atoms with van der Waals surface area (Å²) in [6.07, 6.45) is 5.60. The average Bonchev–Trinajstić information content (AvgIpc) is 2.64. The van der Waals surface area contributed by atoms with Crippen LogP contribution in [0, 0.1) is 0 Å². The number of rotatable bonds is 12. The predicted octanol–water partition coefficient (Wildman–Crippen LogP) is 7.74. The van der Waals surface area contributed by atoms with Gasteiger partial charge in [0.05, 0.1) is 11.2 Å². The molecule has 1 aromatic rings. The van der Waals surface area contributed by atoms with Crippen molar-refractivity contribution in [3.05, 3.63) is 35.4 Å².